The highest BCUT2D eigenvalue weighted by Crippen LogP contribution is 2.33. The highest BCUT2D eigenvalue weighted by molar-refractivity contribution is 6.30. The van der Waals surface area contributed by atoms with Crippen LogP contribution in [-0.4, -0.2) is 56.5 Å². The van der Waals surface area contributed by atoms with Gasteiger partial charge in [0.1, 0.15) is 0 Å². The molecule has 0 aliphatic carbocycles. The van der Waals surface area contributed by atoms with E-state index in [-0.39, 0.29) is 17.0 Å². The Morgan fingerprint density at radius 2 is 1.64 bits per heavy atom. The number of benzene rings is 3. The molecule has 5 aromatic rings. The molecule has 0 saturated carbocycles. The van der Waals surface area contributed by atoms with Crippen molar-refractivity contribution in [3.63, 3.8) is 0 Å². The second kappa shape index (κ2) is 9.98. The summed E-state index contributed by atoms with van der Waals surface area (Å²) in [5.41, 5.74) is 0.709. The van der Waals surface area contributed by atoms with Crippen molar-refractivity contribution in [1.82, 2.24) is 24.4 Å². The minimum absolute atomic E-state index is 0.0316. The molecule has 0 N–H and O–H groups in total. The third-order valence-electron chi connectivity index (χ3n) is 6.94. The molecule has 10 heteroatoms. The Hall–Kier alpha value is -3.95. The van der Waals surface area contributed by atoms with Gasteiger partial charge in [0.05, 0.1) is 5.69 Å². The van der Waals surface area contributed by atoms with E-state index in [1.54, 1.807) is 17.0 Å². The van der Waals surface area contributed by atoms with Gasteiger partial charge in [-0.1, -0.05) is 60.1 Å². The smallest absolute Gasteiger partial charge is 0.335 e. The zero-order valence-corrected chi connectivity index (χ0v) is 21.5. The number of amides is 1. The molecule has 0 atom stereocenters. The first kappa shape index (κ1) is 25.3. The van der Waals surface area contributed by atoms with Crippen LogP contribution in [0.15, 0.2) is 78.9 Å². The minimum atomic E-state index is -4.69. The summed E-state index contributed by atoms with van der Waals surface area (Å²) in [5, 5.41) is 6.59. The molecule has 0 unspecified atom stereocenters. The summed E-state index contributed by atoms with van der Waals surface area (Å²) in [6.07, 6.45) is -4.69. The number of carbonyl (C=O) groups is 1. The van der Waals surface area contributed by atoms with Gasteiger partial charge >= 0.3 is 6.18 Å². The normalized spacial score (nSPS) is 14.8. The van der Waals surface area contributed by atoms with Crippen molar-refractivity contribution in [1.29, 1.82) is 0 Å². The van der Waals surface area contributed by atoms with Crippen molar-refractivity contribution < 1.29 is 18.0 Å². The Morgan fingerprint density at radius 1 is 0.872 bits per heavy atom. The van der Waals surface area contributed by atoms with E-state index in [9.17, 15) is 18.0 Å². The fourth-order valence-corrected chi connectivity index (χ4v) is 5.15. The van der Waals surface area contributed by atoms with Crippen LogP contribution in [0.2, 0.25) is 5.02 Å². The van der Waals surface area contributed by atoms with Gasteiger partial charge in [0.25, 0.3) is 5.91 Å². The molecule has 3 aromatic carbocycles. The Kier molecular flexibility index (Phi) is 6.48. The summed E-state index contributed by atoms with van der Waals surface area (Å²) in [7, 11) is 0. The molecule has 1 amide bonds. The summed E-state index contributed by atoms with van der Waals surface area (Å²) in [6.45, 7) is 2.84. The van der Waals surface area contributed by atoms with Gasteiger partial charge in [-0.25, -0.2) is 9.50 Å². The van der Waals surface area contributed by atoms with Crippen LogP contribution in [0.5, 0.6) is 0 Å². The molecule has 198 valence electrons. The van der Waals surface area contributed by atoms with Crippen LogP contribution in [0.4, 0.5) is 13.2 Å². The number of carbonyl (C=O) groups excluding carboxylic acids is 1. The summed E-state index contributed by atoms with van der Waals surface area (Å²) >= 11 is 6.08. The number of nitrogens with zero attached hydrogens (tertiary/aromatic N) is 5. The van der Waals surface area contributed by atoms with E-state index < -0.39 is 17.8 Å². The van der Waals surface area contributed by atoms with E-state index in [1.165, 1.54) is 6.07 Å². The Bertz CT molecular complexity index is 1690. The number of hydrogen-bond acceptors (Lipinski definition) is 4. The second-order valence-corrected chi connectivity index (χ2v) is 10.0. The predicted molar refractivity (Wildman–Crippen MR) is 144 cm³/mol. The zero-order chi connectivity index (χ0) is 27.1. The van der Waals surface area contributed by atoms with Crippen molar-refractivity contribution >= 4 is 33.9 Å². The number of fused-ring (bicyclic) bond motifs is 2. The highest BCUT2D eigenvalue weighted by Gasteiger charge is 2.36. The Labute approximate surface area is 227 Å². The Balaban J connectivity index is 1.26. The molecule has 1 aliphatic rings. The van der Waals surface area contributed by atoms with Gasteiger partial charge in [0.15, 0.2) is 17.0 Å². The molecule has 2 aromatic heterocycles. The van der Waals surface area contributed by atoms with Crippen LogP contribution >= 0.6 is 11.6 Å². The van der Waals surface area contributed by atoms with Crippen LogP contribution in [0, 0.1) is 0 Å². The molecule has 0 bridgehead atoms. The first-order chi connectivity index (χ1) is 18.7. The van der Waals surface area contributed by atoms with Crippen LogP contribution in [0.1, 0.15) is 21.7 Å². The molecule has 6 nitrogen and oxygen atoms in total. The first-order valence-electron chi connectivity index (χ1n) is 12.5. The number of halogens is 4. The fraction of sp³-hybridized carbons (Fsp3) is 0.207. The van der Waals surface area contributed by atoms with E-state index in [4.69, 9.17) is 11.6 Å². The van der Waals surface area contributed by atoms with E-state index in [0.29, 0.717) is 47.8 Å². The van der Waals surface area contributed by atoms with E-state index in [2.05, 4.69) is 15.0 Å². The quantitative estimate of drug-likeness (QED) is 0.269. The van der Waals surface area contributed by atoms with Gasteiger partial charge in [-0.2, -0.15) is 18.3 Å². The molecule has 6 rings (SSSR count). The third kappa shape index (κ3) is 5.20. The van der Waals surface area contributed by atoms with Gasteiger partial charge in [0, 0.05) is 49.4 Å². The standard InChI is InChI=1S/C29H23ClF3N5O/c30-23-7-3-4-19(14-23)18-36-10-12-37(13-11-36)28(39)25-17-27-34-24(16-26(29(31,32)33)38(27)35-25)22-9-8-20-5-1-2-6-21(20)15-22/h1-9,14-17H,10-13,18H2. The monoisotopic (exact) mass is 549 g/mol. The maximum Gasteiger partial charge on any atom is 0.433 e. The molecule has 39 heavy (non-hydrogen) atoms. The largest absolute Gasteiger partial charge is 0.433 e. The summed E-state index contributed by atoms with van der Waals surface area (Å²) in [6, 6.07) is 22.9. The number of rotatable bonds is 4. The van der Waals surface area contributed by atoms with E-state index in [0.717, 1.165) is 22.4 Å². The van der Waals surface area contributed by atoms with Crippen LogP contribution < -0.4 is 0 Å². The van der Waals surface area contributed by atoms with Gasteiger partial charge in [-0.15, -0.1) is 0 Å². The topological polar surface area (TPSA) is 53.7 Å². The Morgan fingerprint density at radius 3 is 2.38 bits per heavy atom. The minimum Gasteiger partial charge on any atom is -0.335 e. The molecule has 1 aliphatic heterocycles. The molecular formula is C29H23ClF3N5O. The maximum absolute atomic E-state index is 14.1. The number of alkyl halides is 3. The van der Waals surface area contributed by atoms with Crippen molar-refractivity contribution in [3.8, 4) is 11.3 Å². The number of piperazine rings is 1. The molecule has 1 saturated heterocycles. The second-order valence-electron chi connectivity index (χ2n) is 9.58. The molecule has 0 radical (unpaired) electrons. The highest BCUT2D eigenvalue weighted by atomic mass is 35.5. The number of aromatic nitrogens is 3. The summed E-state index contributed by atoms with van der Waals surface area (Å²) in [4.78, 5) is 21.5. The SMILES string of the molecule is O=C(c1cc2nc(-c3ccc4ccccc4c3)cc(C(F)(F)F)n2n1)N1CCN(Cc2cccc(Cl)c2)CC1. The fourth-order valence-electron chi connectivity index (χ4n) is 4.94. The lowest BCUT2D eigenvalue weighted by atomic mass is 10.0. The van der Waals surface area contributed by atoms with Gasteiger partial charge in [0.2, 0.25) is 0 Å². The van der Waals surface area contributed by atoms with Crippen molar-refractivity contribution in [3.05, 3.63) is 101 Å². The zero-order valence-electron chi connectivity index (χ0n) is 20.7. The lowest BCUT2D eigenvalue weighted by molar-refractivity contribution is -0.142. The third-order valence-corrected chi connectivity index (χ3v) is 7.17. The number of hydrogen-bond donors (Lipinski definition) is 0. The van der Waals surface area contributed by atoms with Crippen molar-refractivity contribution in [2.45, 2.75) is 12.7 Å². The summed E-state index contributed by atoms with van der Waals surface area (Å²) < 4.78 is 43.0. The van der Waals surface area contributed by atoms with Crippen molar-refractivity contribution in [2.75, 3.05) is 26.2 Å². The lowest BCUT2D eigenvalue weighted by Gasteiger charge is -2.34. The maximum atomic E-state index is 14.1. The average Bonchev–Trinajstić information content (AvgIpc) is 3.36. The molecule has 0 spiro atoms. The van der Waals surface area contributed by atoms with Crippen molar-refractivity contribution in [2.24, 2.45) is 0 Å². The summed E-state index contributed by atoms with van der Waals surface area (Å²) in [5.74, 6) is -0.414. The van der Waals surface area contributed by atoms with E-state index >= 15 is 0 Å². The molecular weight excluding hydrogens is 527 g/mol. The van der Waals surface area contributed by atoms with Gasteiger partial charge < -0.3 is 4.90 Å². The van der Waals surface area contributed by atoms with E-state index in [1.807, 2.05) is 54.6 Å². The van der Waals surface area contributed by atoms with Gasteiger partial charge in [-0.05, 0) is 40.6 Å². The van der Waals surface area contributed by atoms with Crippen LogP contribution in [0.3, 0.4) is 0 Å². The molecule has 1 fully saturated rings. The predicted octanol–water partition coefficient (Wildman–Crippen LogP) is 6.18. The molecule has 3 heterocycles. The van der Waals surface area contributed by atoms with Crippen LogP contribution in [-0.2, 0) is 12.7 Å². The van der Waals surface area contributed by atoms with Gasteiger partial charge in [-0.3, -0.25) is 9.69 Å². The first-order valence-corrected chi connectivity index (χ1v) is 12.9. The average molecular weight is 550 g/mol. The lowest BCUT2D eigenvalue weighted by Crippen LogP contribution is -2.48. The van der Waals surface area contributed by atoms with Crippen LogP contribution in [0.25, 0.3) is 27.7 Å².